The largest absolute Gasteiger partial charge is 0.353 e. The standard InChI is InChI=1S/C15H19N5O3/c1-11(21)18-6-8-19(9-7-18)13-3-2-12(10-16-13)20-5-4-14(22)17-15(20)23/h2-3,10H,4-9H2,1H3,(H,17,22,23). The van der Waals surface area contributed by atoms with Crippen molar-refractivity contribution < 1.29 is 14.4 Å². The highest BCUT2D eigenvalue weighted by Gasteiger charge is 2.25. The fourth-order valence-electron chi connectivity index (χ4n) is 2.79. The molecule has 2 saturated heterocycles. The highest BCUT2D eigenvalue weighted by atomic mass is 16.2. The van der Waals surface area contributed by atoms with Crippen molar-refractivity contribution in [3.63, 3.8) is 0 Å². The monoisotopic (exact) mass is 317 g/mol. The number of amides is 4. The average molecular weight is 317 g/mol. The SMILES string of the molecule is CC(=O)N1CCN(c2ccc(N3CCC(=O)NC3=O)cn2)CC1. The summed E-state index contributed by atoms with van der Waals surface area (Å²) in [5.74, 6) is 0.670. The van der Waals surface area contributed by atoms with Crippen LogP contribution in [0.3, 0.4) is 0 Å². The Labute approximate surface area is 134 Å². The van der Waals surface area contributed by atoms with Crippen LogP contribution in [-0.2, 0) is 9.59 Å². The van der Waals surface area contributed by atoms with Gasteiger partial charge in [0.05, 0.1) is 11.9 Å². The quantitative estimate of drug-likeness (QED) is 0.842. The molecule has 1 aromatic rings. The predicted molar refractivity (Wildman–Crippen MR) is 84.2 cm³/mol. The smallest absolute Gasteiger partial charge is 0.328 e. The summed E-state index contributed by atoms with van der Waals surface area (Å²) in [6.07, 6.45) is 1.93. The van der Waals surface area contributed by atoms with Crippen LogP contribution in [0.5, 0.6) is 0 Å². The first-order chi connectivity index (χ1) is 11.0. The number of imide groups is 1. The molecule has 1 N–H and O–H groups in total. The first-order valence-electron chi connectivity index (χ1n) is 7.62. The van der Waals surface area contributed by atoms with Gasteiger partial charge in [0.2, 0.25) is 11.8 Å². The number of nitrogens with zero attached hydrogens (tertiary/aromatic N) is 4. The molecule has 122 valence electrons. The maximum atomic E-state index is 11.8. The second-order valence-corrected chi connectivity index (χ2v) is 5.62. The third-order valence-corrected chi connectivity index (χ3v) is 4.15. The molecular formula is C15H19N5O3. The molecule has 2 aliphatic rings. The number of rotatable bonds is 2. The Bertz CT molecular complexity index is 623. The van der Waals surface area contributed by atoms with Crippen molar-refractivity contribution in [2.24, 2.45) is 0 Å². The fourth-order valence-corrected chi connectivity index (χ4v) is 2.79. The minimum absolute atomic E-state index is 0.0959. The maximum absolute atomic E-state index is 11.8. The van der Waals surface area contributed by atoms with Gasteiger partial charge >= 0.3 is 6.03 Å². The lowest BCUT2D eigenvalue weighted by Gasteiger charge is -2.35. The number of hydrogen-bond donors (Lipinski definition) is 1. The Morgan fingerprint density at radius 3 is 2.43 bits per heavy atom. The van der Waals surface area contributed by atoms with Crippen molar-refractivity contribution in [3.8, 4) is 0 Å². The molecule has 8 heteroatoms. The first kappa shape index (κ1) is 15.3. The van der Waals surface area contributed by atoms with Gasteiger partial charge in [-0.2, -0.15) is 0 Å². The number of pyridine rings is 1. The average Bonchev–Trinajstić information content (AvgIpc) is 2.55. The van der Waals surface area contributed by atoms with Gasteiger partial charge < -0.3 is 9.80 Å². The zero-order valence-electron chi connectivity index (χ0n) is 13.0. The zero-order chi connectivity index (χ0) is 16.4. The number of anilines is 2. The Balaban J connectivity index is 1.65. The summed E-state index contributed by atoms with van der Waals surface area (Å²) in [6.45, 7) is 4.81. The summed E-state index contributed by atoms with van der Waals surface area (Å²) < 4.78 is 0. The van der Waals surface area contributed by atoms with Crippen LogP contribution < -0.4 is 15.1 Å². The molecule has 3 heterocycles. The van der Waals surface area contributed by atoms with Gasteiger partial charge in [0.15, 0.2) is 0 Å². The molecule has 0 bridgehead atoms. The minimum atomic E-state index is -0.411. The second-order valence-electron chi connectivity index (χ2n) is 5.62. The van der Waals surface area contributed by atoms with Crippen LogP contribution in [0.25, 0.3) is 0 Å². The van der Waals surface area contributed by atoms with E-state index >= 15 is 0 Å². The van der Waals surface area contributed by atoms with E-state index in [0.29, 0.717) is 31.7 Å². The van der Waals surface area contributed by atoms with Crippen molar-refractivity contribution >= 4 is 29.4 Å². The number of aromatic nitrogens is 1. The highest BCUT2D eigenvalue weighted by molar-refractivity contribution is 6.05. The van der Waals surface area contributed by atoms with Gasteiger partial charge in [0, 0.05) is 46.1 Å². The molecule has 3 rings (SSSR count). The summed E-state index contributed by atoms with van der Waals surface area (Å²) in [5, 5.41) is 2.29. The fraction of sp³-hybridized carbons (Fsp3) is 0.467. The third-order valence-electron chi connectivity index (χ3n) is 4.15. The molecular weight excluding hydrogens is 298 g/mol. The molecule has 0 radical (unpaired) electrons. The molecule has 2 aliphatic heterocycles. The van der Waals surface area contributed by atoms with Crippen molar-refractivity contribution in [2.75, 3.05) is 42.5 Å². The Morgan fingerprint density at radius 1 is 1.13 bits per heavy atom. The number of hydrogen-bond acceptors (Lipinski definition) is 5. The number of carbonyl (C=O) groups is 3. The van der Waals surface area contributed by atoms with E-state index in [1.807, 2.05) is 17.0 Å². The van der Waals surface area contributed by atoms with Crippen LogP contribution in [0.4, 0.5) is 16.3 Å². The van der Waals surface area contributed by atoms with Crippen LogP contribution in [0, 0.1) is 0 Å². The van der Waals surface area contributed by atoms with Crippen LogP contribution in [-0.4, -0.2) is 60.5 Å². The Morgan fingerprint density at radius 2 is 1.87 bits per heavy atom. The lowest BCUT2D eigenvalue weighted by atomic mass is 10.2. The van der Waals surface area contributed by atoms with Gasteiger partial charge in [0.25, 0.3) is 0 Å². The summed E-state index contributed by atoms with van der Waals surface area (Å²) in [4.78, 5) is 44.2. The van der Waals surface area contributed by atoms with Crippen LogP contribution in [0.15, 0.2) is 18.3 Å². The predicted octanol–water partition coefficient (Wildman–Crippen LogP) is 0.196. The number of urea groups is 1. The van der Waals surface area contributed by atoms with Gasteiger partial charge in [-0.15, -0.1) is 0 Å². The number of piperazine rings is 1. The first-order valence-corrected chi connectivity index (χ1v) is 7.62. The van der Waals surface area contributed by atoms with Gasteiger partial charge in [-0.25, -0.2) is 9.78 Å². The minimum Gasteiger partial charge on any atom is -0.353 e. The Hall–Kier alpha value is -2.64. The summed E-state index contributed by atoms with van der Waals surface area (Å²) in [6, 6.07) is 3.28. The van der Waals surface area contributed by atoms with E-state index in [0.717, 1.165) is 18.9 Å². The number of nitrogens with one attached hydrogen (secondary N) is 1. The van der Waals surface area contributed by atoms with E-state index in [2.05, 4.69) is 15.2 Å². The summed E-state index contributed by atoms with van der Waals surface area (Å²) in [7, 11) is 0. The lowest BCUT2D eigenvalue weighted by molar-refractivity contribution is -0.129. The molecule has 8 nitrogen and oxygen atoms in total. The topological polar surface area (TPSA) is 85.9 Å². The molecule has 23 heavy (non-hydrogen) atoms. The van der Waals surface area contributed by atoms with Crippen LogP contribution in [0.1, 0.15) is 13.3 Å². The molecule has 0 atom stereocenters. The van der Waals surface area contributed by atoms with E-state index in [1.165, 1.54) is 4.90 Å². The Kier molecular flexibility index (Phi) is 4.14. The van der Waals surface area contributed by atoms with E-state index in [4.69, 9.17) is 0 Å². The molecule has 0 aromatic carbocycles. The van der Waals surface area contributed by atoms with Crippen molar-refractivity contribution in [1.29, 1.82) is 0 Å². The van der Waals surface area contributed by atoms with E-state index in [9.17, 15) is 14.4 Å². The van der Waals surface area contributed by atoms with Crippen LogP contribution in [0.2, 0.25) is 0 Å². The lowest BCUT2D eigenvalue weighted by Crippen LogP contribution is -2.49. The molecule has 0 aliphatic carbocycles. The number of carbonyl (C=O) groups excluding carboxylic acids is 3. The normalized spacial score (nSPS) is 18.9. The van der Waals surface area contributed by atoms with Gasteiger partial charge in [-0.3, -0.25) is 19.8 Å². The highest BCUT2D eigenvalue weighted by Crippen LogP contribution is 2.20. The van der Waals surface area contributed by atoms with Crippen LogP contribution >= 0.6 is 0 Å². The van der Waals surface area contributed by atoms with E-state index in [1.54, 1.807) is 13.1 Å². The molecule has 0 spiro atoms. The summed E-state index contributed by atoms with van der Waals surface area (Å²) in [5.41, 5.74) is 0.668. The molecule has 0 saturated carbocycles. The van der Waals surface area contributed by atoms with E-state index in [-0.39, 0.29) is 11.8 Å². The molecule has 0 unspecified atom stereocenters. The molecule has 1 aromatic heterocycles. The maximum Gasteiger partial charge on any atom is 0.328 e. The van der Waals surface area contributed by atoms with Crippen molar-refractivity contribution in [1.82, 2.24) is 15.2 Å². The second kappa shape index (κ2) is 6.23. The van der Waals surface area contributed by atoms with Gasteiger partial charge in [-0.05, 0) is 12.1 Å². The van der Waals surface area contributed by atoms with Crippen molar-refractivity contribution in [2.45, 2.75) is 13.3 Å². The molecule has 2 fully saturated rings. The molecule has 4 amide bonds. The van der Waals surface area contributed by atoms with Gasteiger partial charge in [-0.1, -0.05) is 0 Å². The third kappa shape index (κ3) is 3.25. The van der Waals surface area contributed by atoms with Crippen molar-refractivity contribution in [3.05, 3.63) is 18.3 Å². The van der Waals surface area contributed by atoms with E-state index < -0.39 is 6.03 Å². The zero-order valence-corrected chi connectivity index (χ0v) is 13.0. The van der Waals surface area contributed by atoms with Gasteiger partial charge in [0.1, 0.15) is 5.82 Å². The summed E-state index contributed by atoms with van der Waals surface area (Å²) >= 11 is 0.